The first kappa shape index (κ1) is 14.0. The minimum Gasteiger partial charge on any atom is -0.481 e. The molecule has 0 unspecified atom stereocenters. The summed E-state index contributed by atoms with van der Waals surface area (Å²) in [6, 6.07) is 0. The molecule has 0 aliphatic carbocycles. The lowest BCUT2D eigenvalue weighted by molar-refractivity contribution is -0.137. The van der Waals surface area contributed by atoms with Crippen molar-refractivity contribution < 1.29 is 18.3 Å². The fraction of sp³-hybridized carbons (Fsp3) is 0.300. The molecule has 9 heteroatoms. The monoisotopic (exact) mass is 303 g/mol. The van der Waals surface area contributed by atoms with Crippen LogP contribution in [0, 0.1) is 0 Å². The SMILES string of the molecule is O=C(O)CCCNS(=O)(=O)C1=CC=CN2SNC=C12. The maximum Gasteiger partial charge on any atom is 0.303 e. The van der Waals surface area contributed by atoms with Crippen LogP contribution in [0.4, 0.5) is 0 Å². The quantitative estimate of drug-likeness (QED) is 0.485. The Kier molecular flexibility index (Phi) is 4.17. The number of hydrogen-bond acceptors (Lipinski definition) is 6. The van der Waals surface area contributed by atoms with E-state index in [9.17, 15) is 13.2 Å². The Bertz CT molecular complexity index is 565. The molecule has 0 atom stereocenters. The van der Waals surface area contributed by atoms with Gasteiger partial charge in [0.1, 0.15) is 4.91 Å². The van der Waals surface area contributed by atoms with Gasteiger partial charge in [0.05, 0.1) is 17.8 Å². The summed E-state index contributed by atoms with van der Waals surface area (Å²) in [4.78, 5) is 10.5. The summed E-state index contributed by atoms with van der Waals surface area (Å²) < 4.78 is 31.2. The molecular formula is C10H13N3O4S2. The van der Waals surface area contributed by atoms with Crippen LogP contribution in [-0.2, 0) is 14.8 Å². The van der Waals surface area contributed by atoms with Gasteiger partial charge < -0.3 is 9.83 Å². The van der Waals surface area contributed by atoms with Crippen LogP contribution in [0.1, 0.15) is 12.8 Å². The van der Waals surface area contributed by atoms with Gasteiger partial charge in [-0.05, 0) is 18.6 Å². The molecule has 0 aromatic heterocycles. The molecule has 7 nitrogen and oxygen atoms in total. The lowest BCUT2D eigenvalue weighted by Gasteiger charge is -2.20. The van der Waals surface area contributed by atoms with Gasteiger partial charge in [-0.25, -0.2) is 13.1 Å². The predicted octanol–water partition coefficient (Wildman–Crippen LogP) is 0.492. The molecule has 0 fully saturated rings. The fourth-order valence-corrected chi connectivity index (χ4v) is 3.56. The summed E-state index contributed by atoms with van der Waals surface area (Å²) in [7, 11) is -3.63. The number of carboxylic acid groups (broad SMARTS) is 1. The number of hydrogen-bond donors (Lipinski definition) is 3. The van der Waals surface area contributed by atoms with E-state index in [2.05, 4.69) is 9.44 Å². The fourth-order valence-electron chi connectivity index (χ4n) is 1.59. The second-order valence-electron chi connectivity index (χ2n) is 3.83. The van der Waals surface area contributed by atoms with Gasteiger partial charge in [0, 0.05) is 25.4 Å². The molecule has 0 saturated heterocycles. The smallest absolute Gasteiger partial charge is 0.303 e. The molecule has 104 valence electrons. The molecule has 19 heavy (non-hydrogen) atoms. The highest BCUT2D eigenvalue weighted by Gasteiger charge is 2.29. The Morgan fingerprint density at radius 3 is 3.05 bits per heavy atom. The van der Waals surface area contributed by atoms with Crippen LogP contribution in [0.2, 0.25) is 0 Å². The summed E-state index contributed by atoms with van der Waals surface area (Å²) in [6.45, 7) is 0.101. The maximum absolute atomic E-state index is 12.1. The van der Waals surface area contributed by atoms with E-state index in [1.54, 1.807) is 22.8 Å². The number of carboxylic acids is 1. The van der Waals surface area contributed by atoms with Crippen molar-refractivity contribution >= 4 is 28.1 Å². The number of rotatable bonds is 6. The largest absolute Gasteiger partial charge is 0.481 e. The van der Waals surface area contributed by atoms with Crippen LogP contribution in [0.5, 0.6) is 0 Å². The number of aliphatic carboxylic acids is 1. The topological polar surface area (TPSA) is 98.7 Å². The molecule has 2 aliphatic heterocycles. The number of sulfonamides is 1. The zero-order chi connectivity index (χ0) is 13.9. The van der Waals surface area contributed by atoms with Crippen LogP contribution in [0.25, 0.3) is 0 Å². The van der Waals surface area contributed by atoms with Crippen LogP contribution >= 0.6 is 12.1 Å². The van der Waals surface area contributed by atoms with Gasteiger partial charge in [-0.2, -0.15) is 0 Å². The molecule has 0 saturated carbocycles. The zero-order valence-corrected chi connectivity index (χ0v) is 11.5. The molecule has 0 aromatic carbocycles. The Labute approximate surface area is 115 Å². The molecule has 3 N–H and O–H groups in total. The minimum atomic E-state index is -3.63. The van der Waals surface area contributed by atoms with Gasteiger partial charge in [-0.1, -0.05) is 0 Å². The molecule has 0 amide bonds. The van der Waals surface area contributed by atoms with Crippen molar-refractivity contribution in [3.05, 3.63) is 35.2 Å². The first-order valence-corrected chi connectivity index (χ1v) is 7.78. The van der Waals surface area contributed by atoms with E-state index in [-0.39, 0.29) is 24.3 Å². The van der Waals surface area contributed by atoms with Crippen molar-refractivity contribution in [2.75, 3.05) is 6.54 Å². The molecular weight excluding hydrogens is 290 g/mol. The van der Waals surface area contributed by atoms with E-state index in [4.69, 9.17) is 5.11 Å². The van der Waals surface area contributed by atoms with Gasteiger partial charge in [-0.15, -0.1) is 0 Å². The van der Waals surface area contributed by atoms with Crippen LogP contribution in [-0.4, -0.2) is 30.3 Å². The Morgan fingerprint density at radius 1 is 1.53 bits per heavy atom. The summed E-state index contributed by atoms with van der Waals surface area (Å²) in [5, 5.41) is 8.49. The first-order chi connectivity index (χ1) is 9.00. The third kappa shape index (κ3) is 3.31. The highest BCUT2D eigenvalue weighted by atomic mass is 32.2. The van der Waals surface area contributed by atoms with Crippen LogP contribution in [0.15, 0.2) is 35.2 Å². The molecule has 0 aromatic rings. The van der Waals surface area contributed by atoms with Crippen molar-refractivity contribution in [3.8, 4) is 0 Å². The van der Waals surface area contributed by atoms with Gasteiger partial charge in [-0.3, -0.25) is 9.10 Å². The molecule has 0 radical (unpaired) electrons. The van der Waals surface area contributed by atoms with Crippen molar-refractivity contribution in [2.24, 2.45) is 0 Å². The van der Waals surface area contributed by atoms with Crippen LogP contribution in [0.3, 0.4) is 0 Å². The van der Waals surface area contributed by atoms with E-state index < -0.39 is 16.0 Å². The molecule has 2 aliphatic rings. The van der Waals surface area contributed by atoms with E-state index in [1.807, 2.05) is 0 Å². The molecule has 2 heterocycles. The van der Waals surface area contributed by atoms with Crippen molar-refractivity contribution in [1.82, 2.24) is 13.7 Å². The lowest BCUT2D eigenvalue weighted by atomic mass is 10.3. The second-order valence-corrected chi connectivity index (χ2v) is 6.38. The predicted molar refractivity (Wildman–Crippen MR) is 71.7 cm³/mol. The van der Waals surface area contributed by atoms with Crippen LogP contribution < -0.4 is 9.44 Å². The number of fused-ring (bicyclic) bond motifs is 1. The van der Waals surface area contributed by atoms with E-state index in [0.717, 1.165) is 0 Å². The Morgan fingerprint density at radius 2 is 2.32 bits per heavy atom. The number of allylic oxidation sites excluding steroid dienone is 2. The van der Waals surface area contributed by atoms with E-state index >= 15 is 0 Å². The summed E-state index contributed by atoms with van der Waals surface area (Å²) >= 11 is 1.27. The normalized spacial score (nSPS) is 17.6. The van der Waals surface area contributed by atoms with Gasteiger partial charge in [0.2, 0.25) is 10.0 Å². The summed E-state index contributed by atoms with van der Waals surface area (Å²) in [6.07, 6.45) is 6.70. The molecule has 2 rings (SSSR count). The van der Waals surface area contributed by atoms with Gasteiger partial charge >= 0.3 is 5.97 Å². The lowest BCUT2D eigenvalue weighted by Crippen LogP contribution is -2.29. The molecule has 0 bridgehead atoms. The highest BCUT2D eigenvalue weighted by molar-refractivity contribution is 7.96. The van der Waals surface area contributed by atoms with Gasteiger partial charge in [0.15, 0.2) is 0 Å². The first-order valence-electron chi connectivity index (χ1n) is 5.53. The van der Waals surface area contributed by atoms with E-state index in [1.165, 1.54) is 18.2 Å². The average Bonchev–Trinajstić information content (AvgIpc) is 2.82. The minimum absolute atomic E-state index is 0.0618. The highest BCUT2D eigenvalue weighted by Crippen LogP contribution is 2.32. The third-order valence-electron chi connectivity index (χ3n) is 2.45. The third-order valence-corrected chi connectivity index (χ3v) is 4.70. The maximum atomic E-state index is 12.1. The van der Waals surface area contributed by atoms with Gasteiger partial charge in [0.25, 0.3) is 0 Å². The Hall–Kier alpha value is -1.45. The van der Waals surface area contributed by atoms with Crippen molar-refractivity contribution in [1.29, 1.82) is 0 Å². The van der Waals surface area contributed by atoms with Crippen molar-refractivity contribution in [2.45, 2.75) is 12.8 Å². The number of carbonyl (C=O) groups is 1. The molecule has 0 spiro atoms. The average molecular weight is 303 g/mol. The summed E-state index contributed by atoms with van der Waals surface area (Å²) in [5.41, 5.74) is 0.554. The summed E-state index contributed by atoms with van der Waals surface area (Å²) in [5.74, 6) is -0.940. The zero-order valence-electron chi connectivity index (χ0n) is 9.87. The second kappa shape index (κ2) is 5.68. The van der Waals surface area contributed by atoms with Crippen molar-refractivity contribution in [3.63, 3.8) is 0 Å². The standard InChI is InChI=1S/C10H13N3O4S2/c14-10(15)4-1-5-12-19(16,17)9-3-2-6-13-8(9)7-11-18-13/h2-3,6-7,11-12H,1,4-5H2,(H,14,15). The van der Waals surface area contributed by atoms with E-state index in [0.29, 0.717) is 5.70 Å². The number of nitrogens with zero attached hydrogens (tertiary/aromatic N) is 1. The Balaban J connectivity index is 2.01. The number of nitrogens with one attached hydrogen (secondary N) is 2.